The molecule has 2 unspecified atom stereocenters. The van der Waals surface area contributed by atoms with Crippen molar-refractivity contribution in [3.63, 3.8) is 0 Å². The van der Waals surface area contributed by atoms with Gasteiger partial charge in [0.25, 0.3) is 0 Å². The second-order valence-electron chi connectivity index (χ2n) is 5.15. The number of hydrogen-bond acceptors (Lipinski definition) is 3. The lowest BCUT2D eigenvalue weighted by atomic mass is 9.85. The molecule has 1 saturated carbocycles. The highest BCUT2D eigenvalue weighted by Gasteiger charge is 2.38. The summed E-state index contributed by atoms with van der Waals surface area (Å²) >= 11 is 0. The maximum absolute atomic E-state index is 12.3. The second-order valence-corrected chi connectivity index (χ2v) is 5.15. The monoisotopic (exact) mass is 240 g/mol. The van der Waals surface area contributed by atoms with Crippen LogP contribution in [0.2, 0.25) is 0 Å². The van der Waals surface area contributed by atoms with Crippen molar-refractivity contribution in [2.45, 2.75) is 50.6 Å². The van der Waals surface area contributed by atoms with E-state index in [1.165, 1.54) is 0 Å². The van der Waals surface area contributed by atoms with Crippen LogP contribution in [-0.4, -0.2) is 40.5 Å². The highest BCUT2D eigenvalue weighted by atomic mass is 16.4. The van der Waals surface area contributed by atoms with E-state index >= 15 is 0 Å². The molecule has 96 valence electrons. The van der Waals surface area contributed by atoms with Gasteiger partial charge in [0.15, 0.2) is 0 Å². The van der Waals surface area contributed by atoms with Crippen LogP contribution in [-0.2, 0) is 9.59 Å². The lowest BCUT2D eigenvalue weighted by Gasteiger charge is -2.31. The summed E-state index contributed by atoms with van der Waals surface area (Å²) in [6.45, 7) is 0.585. The van der Waals surface area contributed by atoms with E-state index < -0.39 is 12.0 Å². The average molecular weight is 240 g/mol. The first-order chi connectivity index (χ1) is 8.09. The van der Waals surface area contributed by atoms with Crippen molar-refractivity contribution in [1.29, 1.82) is 0 Å². The van der Waals surface area contributed by atoms with E-state index in [4.69, 9.17) is 10.8 Å². The molecule has 2 fully saturated rings. The van der Waals surface area contributed by atoms with Crippen molar-refractivity contribution in [3.8, 4) is 0 Å². The largest absolute Gasteiger partial charge is 0.480 e. The Labute approximate surface area is 101 Å². The zero-order valence-electron chi connectivity index (χ0n) is 9.97. The van der Waals surface area contributed by atoms with Crippen LogP contribution in [0.15, 0.2) is 0 Å². The number of nitrogens with zero attached hydrogens (tertiary/aromatic N) is 1. The van der Waals surface area contributed by atoms with Crippen LogP contribution in [0.25, 0.3) is 0 Å². The zero-order valence-corrected chi connectivity index (χ0v) is 9.97. The minimum atomic E-state index is -0.879. The summed E-state index contributed by atoms with van der Waals surface area (Å²) in [6.07, 6.45) is 4.90. The number of hydrogen-bond donors (Lipinski definition) is 2. The Morgan fingerprint density at radius 2 is 1.94 bits per heavy atom. The van der Waals surface area contributed by atoms with Crippen LogP contribution in [0, 0.1) is 5.92 Å². The van der Waals surface area contributed by atoms with E-state index in [1.807, 2.05) is 0 Å². The SMILES string of the molecule is NC1CCCC(C(=O)N2CCC[C@H]2C(=O)O)C1. The summed E-state index contributed by atoms with van der Waals surface area (Å²) in [5.74, 6) is -0.931. The van der Waals surface area contributed by atoms with Crippen molar-refractivity contribution >= 4 is 11.9 Å². The quantitative estimate of drug-likeness (QED) is 0.739. The van der Waals surface area contributed by atoms with Crippen LogP contribution in [0.1, 0.15) is 38.5 Å². The normalized spacial score (nSPS) is 33.7. The summed E-state index contributed by atoms with van der Waals surface area (Å²) < 4.78 is 0. The molecule has 5 heteroatoms. The first-order valence-corrected chi connectivity index (χ1v) is 6.38. The predicted molar refractivity (Wildman–Crippen MR) is 62.3 cm³/mol. The molecule has 2 rings (SSSR count). The summed E-state index contributed by atoms with van der Waals surface area (Å²) in [5, 5.41) is 9.06. The summed E-state index contributed by atoms with van der Waals surface area (Å²) in [4.78, 5) is 24.9. The molecule has 17 heavy (non-hydrogen) atoms. The maximum atomic E-state index is 12.3. The van der Waals surface area contributed by atoms with Crippen molar-refractivity contribution in [2.75, 3.05) is 6.54 Å². The van der Waals surface area contributed by atoms with E-state index in [1.54, 1.807) is 4.90 Å². The van der Waals surface area contributed by atoms with Crippen molar-refractivity contribution in [3.05, 3.63) is 0 Å². The molecular weight excluding hydrogens is 220 g/mol. The van der Waals surface area contributed by atoms with Crippen molar-refractivity contribution < 1.29 is 14.7 Å². The second kappa shape index (κ2) is 5.04. The fourth-order valence-corrected chi connectivity index (χ4v) is 2.97. The number of amides is 1. The van der Waals surface area contributed by atoms with Crippen LogP contribution < -0.4 is 5.73 Å². The van der Waals surface area contributed by atoms with Gasteiger partial charge in [-0.25, -0.2) is 4.79 Å². The first-order valence-electron chi connectivity index (χ1n) is 6.38. The maximum Gasteiger partial charge on any atom is 0.326 e. The molecule has 1 aliphatic heterocycles. The van der Waals surface area contributed by atoms with Gasteiger partial charge in [-0.2, -0.15) is 0 Å². The number of rotatable bonds is 2. The minimum Gasteiger partial charge on any atom is -0.480 e. The molecule has 2 aliphatic rings. The van der Waals surface area contributed by atoms with Crippen LogP contribution >= 0.6 is 0 Å². The Kier molecular flexibility index (Phi) is 3.66. The third kappa shape index (κ3) is 2.60. The third-order valence-corrected chi connectivity index (χ3v) is 3.88. The molecule has 0 bridgehead atoms. The molecule has 1 amide bonds. The lowest BCUT2D eigenvalue weighted by Crippen LogP contribution is -2.45. The van der Waals surface area contributed by atoms with E-state index in [-0.39, 0.29) is 17.9 Å². The molecule has 1 aliphatic carbocycles. The summed E-state index contributed by atoms with van der Waals surface area (Å²) in [6, 6.07) is -0.510. The van der Waals surface area contributed by atoms with Crippen molar-refractivity contribution in [2.24, 2.45) is 11.7 Å². The number of carboxylic acids is 1. The van der Waals surface area contributed by atoms with Gasteiger partial charge in [-0.15, -0.1) is 0 Å². The number of carbonyl (C=O) groups excluding carboxylic acids is 1. The topological polar surface area (TPSA) is 83.6 Å². The lowest BCUT2D eigenvalue weighted by molar-refractivity contribution is -0.150. The minimum absolute atomic E-state index is 0.00468. The Morgan fingerprint density at radius 3 is 2.59 bits per heavy atom. The number of carbonyl (C=O) groups is 2. The van der Waals surface area contributed by atoms with Gasteiger partial charge in [-0.05, 0) is 32.1 Å². The zero-order chi connectivity index (χ0) is 12.4. The number of carboxylic acid groups (broad SMARTS) is 1. The van der Waals surface area contributed by atoms with Gasteiger partial charge in [0.1, 0.15) is 6.04 Å². The van der Waals surface area contributed by atoms with E-state index in [0.717, 1.165) is 25.7 Å². The standard InChI is InChI=1S/C12H20N2O3/c13-9-4-1-3-8(7-9)11(15)14-6-2-5-10(14)12(16)17/h8-10H,1-7,13H2,(H,16,17)/t8?,9?,10-/m0/s1. The number of likely N-dealkylation sites (tertiary alicyclic amines) is 1. The molecule has 1 saturated heterocycles. The number of aliphatic carboxylic acids is 1. The highest BCUT2D eigenvalue weighted by Crippen LogP contribution is 2.28. The molecule has 0 aromatic rings. The Morgan fingerprint density at radius 1 is 1.18 bits per heavy atom. The summed E-state index contributed by atoms with van der Waals surface area (Å²) in [5.41, 5.74) is 5.87. The van der Waals surface area contributed by atoms with Gasteiger partial charge in [0.2, 0.25) is 5.91 Å². The summed E-state index contributed by atoms with van der Waals surface area (Å²) in [7, 11) is 0. The van der Waals surface area contributed by atoms with Crippen molar-refractivity contribution in [1.82, 2.24) is 4.90 Å². The molecule has 1 heterocycles. The van der Waals surface area contributed by atoms with Gasteiger partial charge >= 0.3 is 5.97 Å². The fourth-order valence-electron chi connectivity index (χ4n) is 2.97. The van der Waals surface area contributed by atoms with Crippen LogP contribution in [0.5, 0.6) is 0 Å². The fraction of sp³-hybridized carbons (Fsp3) is 0.833. The first kappa shape index (κ1) is 12.4. The molecule has 0 radical (unpaired) electrons. The Bertz CT molecular complexity index is 319. The molecule has 0 aromatic heterocycles. The van der Waals surface area contributed by atoms with Gasteiger partial charge in [-0.3, -0.25) is 4.79 Å². The molecule has 0 spiro atoms. The highest BCUT2D eigenvalue weighted by molar-refractivity contribution is 5.85. The Hall–Kier alpha value is -1.10. The average Bonchev–Trinajstić information content (AvgIpc) is 2.77. The van der Waals surface area contributed by atoms with Crippen LogP contribution in [0.3, 0.4) is 0 Å². The van der Waals surface area contributed by atoms with Gasteiger partial charge in [0, 0.05) is 18.5 Å². The van der Waals surface area contributed by atoms with Gasteiger partial charge in [0.05, 0.1) is 0 Å². The third-order valence-electron chi connectivity index (χ3n) is 3.88. The van der Waals surface area contributed by atoms with Crippen LogP contribution in [0.4, 0.5) is 0 Å². The molecular formula is C12H20N2O3. The molecule has 3 atom stereocenters. The molecule has 3 N–H and O–H groups in total. The van der Waals surface area contributed by atoms with E-state index in [2.05, 4.69) is 0 Å². The predicted octanol–water partition coefficient (Wildman–Crippen LogP) is 0.579. The molecule has 5 nitrogen and oxygen atoms in total. The van der Waals surface area contributed by atoms with E-state index in [9.17, 15) is 9.59 Å². The number of nitrogens with two attached hydrogens (primary N) is 1. The smallest absolute Gasteiger partial charge is 0.326 e. The Balaban J connectivity index is 2.01. The van der Waals surface area contributed by atoms with Gasteiger partial charge < -0.3 is 15.7 Å². The molecule has 0 aromatic carbocycles. The van der Waals surface area contributed by atoms with E-state index in [0.29, 0.717) is 19.4 Å². The van der Waals surface area contributed by atoms with Gasteiger partial charge in [-0.1, -0.05) is 6.42 Å².